The van der Waals surface area contributed by atoms with Gasteiger partial charge in [0.2, 0.25) is 10.0 Å². The molecule has 0 aliphatic carbocycles. The SMILES string of the molecule is Cc1noc(C)c1S(=O)(=O)NCCNC(=O)C(F)(F)F. The van der Waals surface area contributed by atoms with E-state index in [1.807, 2.05) is 4.72 Å². The largest absolute Gasteiger partial charge is 0.471 e. The van der Waals surface area contributed by atoms with Gasteiger partial charge in [0.05, 0.1) is 0 Å². The first-order valence-corrected chi connectivity index (χ1v) is 6.81. The van der Waals surface area contributed by atoms with Gasteiger partial charge < -0.3 is 9.84 Å². The normalized spacial score (nSPS) is 12.4. The van der Waals surface area contributed by atoms with Crippen molar-refractivity contribution in [1.29, 1.82) is 0 Å². The highest BCUT2D eigenvalue weighted by Gasteiger charge is 2.38. The van der Waals surface area contributed by atoms with Gasteiger partial charge in [0.25, 0.3) is 0 Å². The smallest absolute Gasteiger partial charge is 0.360 e. The Morgan fingerprint density at radius 3 is 2.35 bits per heavy atom. The summed E-state index contributed by atoms with van der Waals surface area (Å²) >= 11 is 0. The van der Waals surface area contributed by atoms with Crippen molar-refractivity contribution in [3.63, 3.8) is 0 Å². The molecule has 0 saturated heterocycles. The first-order valence-electron chi connectivity index (χ1n) is 5.33. The molecule has 20 heavy (non-hydrogen) atoms. The average molecular weight is 315 g/mol. The minimum absolute atomic E-state index is 0.0642. The summed E-state index contributed by atoms with van der Waals surface area (Å²) < 4.78 is 66.0. The van der Waals surface area contributed by atoms with Crippen LogP contribution in [0.15, 0.2) is 9.42 Å². The quantitative estimate of drug-likeness (QED) is 0.758. The van der Waals surface area contributed by atoms with Gasteiger partial charge in [-0.1, -0.05) is 5.16 Å². The van der Waals surface area contributed by atoms with Gasteiger partial charge >= 0.3 is 12.1 Å². The molecule has 0 saturated carbocycles. The second-order valence-corrected chi connectivity index (χ2v) is 5.51. The van der Waals surface area contributed by atoms with E-state index in [-0.39, 0.29) is 16.3 Å². The predicted octanol–water partition coefficient (Wildman–Crippen LogP) is 0.248. The van der Waals surface area contributed by atoms with Crippen molar-refractivity contribution in [2.24, 2.45) is 0 Å². The number of aromatic nitrogens is 1. The summed E-state index contributed by atoms with van der Waals surface area (Å²) in [5.74, 6) is -2.07. The second kappa shape index (κ2) is 5.79. The Balaban J connectivity index is 2.56. The summed E-state index contributed by atoms with van der Waals surface area (Å²) in [4.78, 5) is 10.3. The van der Waals surface area contributed by atoms with Gasteiger partial charge in [-0.3, -0.25) is 4.79 Å². The topological polar surface area (TPSA) is 101 Å². The van der Waals surface area contributed by atoms with Crippen molar-refractivity contribution in [3.05, 3.63) is 11.5 Å². The highest BCUT2D eigenvalue weighted by Crippen LogP contribution is 2.18. The third kappa shape index (κ3) is 3.93. The van der Waals surface area contributed by atoms with Crippen LogP contribution in [0.25, 0.3) is 0 Å². The first kappa shape index (κ1) is 16.4. The van der Waals surface area contributed by atoms with Crippen LogP contribution in [0.4, 0.5) is 13.2 Å². The van der Waals surface area contributed by atoms with E-state index in [1.54, 1.807) is 0 Å². The minimum atomic E-state index is -5.00. The number of nitrogens with one attached hydrogen (secondary N) is 2. The summed E-state index contributed by atoms with van der Waals surface area (Å²) in [5.41, 5.74) is 0.134. The fourth-order valence-electron chi connectivity index (χ4n) is 1.39. The van der Waals surface area contributed by atoms with Crippen molar-refractivity contribution in [3.8, 4) is 0 Å². The lowest BCUT2D eigenvalue weighted by Crippen LogP contribution is -2.41. The molecule has 1 amide bonds. The number of amides is 1. The zero-order valence-electron chi connectivity index (χ0n) is 10.5. The van der Waals surface area contributed by atoms with Crippen LogP contribution >= 0.6 is 0 Å². The van der Waals surface area contributed by atoms with Crippen LogP contribution in [0.1, 0.15) is 11.5 Å². The standard InChI is InChI=1S/C9H12F3N3O4S/c1-5-7(6(2)19-15-5)20(17,18)14-4-3-13-8(16)9(10,11)12/h14H,3-4H2,1-2H3,(H,13,16). The molecule has 0 bridgehead atoms. The van der Waals surface area contributed by atoms with E-state index in [1.165, 1.54) is 19.2 Å². The van der Waals surface area contributed by atoms with Gasteiger partial charge in [-0.25, -0.2) is 13.1 Å². The van der Waals surface area contributed by atoms with Crippen LogP contribution in [0.5, 0.6) is 0 Å². The summed E-state index contributed by atoms with van der Waals surface area (Å²) in [7, 11) is -3.95. The van der Waals surface area contributed by atoms with Gasteiger partial charge in [0, 0.05) is 13.1 Å². The number of carbonyl (C=O) groups is 1. The number of sulfonamides is 1. The monoisotopic (exact) mass is 315 g/mol. The molecule has 11 heteroatoms. The fraction of sp³-hybridized carbons (Fsp3) is 0.556. The zero-order chi connectivity index (χ0) is 15.6. The van der Waals surface area contributed by atoms with Crippen LogP contribution in [-0.2, 0) is 14.8 Å². The number of halogens is 3. The predicted molar refractivity (Wildman–Crippen MR) is 60.2 cm³/mol. The van der Waals surface area contributed by atoms with E-state index < -0.39 is 35.2 Å². The molecule has 0 aliphatic heterocycles. The van der Waals surface area contributed by atoms with Gasteiger partial charge in [0.1, 0.15) is 10.6 Å². The summed E-state index contributed by atoms with van der Waals surface area (Å²) in [6.45, 7) is 1.91. The Morgan fingerprint density at radius 1 is 1.30 bits per heavy atom. The van der Waals surface area contributed by atoms with E-state index >= 15 is 0 Å². The molecule has 0 fully saturated rings. The number of alkyl halides is 3. The molecule has 0 atom stereocenters. The number of hydrogen-bond acceptors (Lipinski definition) is 5. The fourth-order valence-corrected chi connectivity index (χ4v) is 2.75. The summed E-state index contributed by atoms with van der Waals surface area (Å²) in [5, 5.41) is 5.00. The lowest BCUT2D eigenvalue weighted by atomic mass is 10.4. The molecular weight excluding hydrogens is 303 g/mol. The van der Waals surface area contributed by atoms with Crippen molar-refractivity contribution in [1.82, 2.24) is 15.2 Å². The Bertz CT molecular complexity index is 575. The number of carbonyl (C=O) groups excluding carboxylic acids is 1. The molecule has 7 nitrogen and oxygen atoms in total. The van der Waals surface area contributed by atoms with E-state index in [0.29, 0.717) is 0 Å². The van der Waals surface area contributed by atoms with Crippen LogP contribution < -0.4 is 10.0 Å². The molecule has 1 rings (SSSR count). The molecule has 1 aromatic rings. The third-order valence-corrected chi connectivity index (χ3v) is 3.90. The number of rotatable bonds is 5. The third-order valence-electron chi connectivity index (χ3n) is 2.20. The van der Waals surface area contributed by atoms with Gasteiger partial charge in [-0.2, -0.15) is 13.2 Å². The second-order valence-electron chi connectivity index (χ2n) is 3.80. The highest BCUT2D eigenvalue weighted by molar-refractivity contribution is 7.89. The van der Waals surface area contributed by atoms with E-state index in [2.05, 4.69) is 9.68 Å². The minimum Gasteiger partial charge on any atom is -0.360 e. The molecular formula is C9H12F3N3O4S. The zero-order valence-corrected chi connectivity index (χ0v) is 11.4. The van der Waals surface area contributed by atoms with Gasteiger partial charge in [-0.05, 0) is 13.8 Å². The Hall–Kier alpha value is -1.62. The number of nitrogens with zero attached hydrogens (tertiary/aromatic N) is 1. The molecule has 2 N–H and O–H groups in total. The van der Waals surface area contributed by atoms with E-state index in [0.717, 1.165) is 0 Å². The van der Waals surface area contributed by atoms with E-state index in [4.69, 9.17) is 0 Å². The van der Waals surface area contributed by atoms with E-state index in [9.17, 15) is 26.4 Å². The van der Waals surface area contributed by atoms with Crippen molar-refractivity contribution in [2.45, 2.75) is 24.9 Å². The molecule has 0 spiro atoms. The van der Waals surface area contributed by atoms with Crippen LogP contribution in [-0.4, -0.2) is 38.7 Å². The maximum atomic E-state index is 11.9. The summed E-state index contributed by atoms with van der Waals surface area (Å²) in [6, 6.07) is 0. The van der Waals surface area contributed by atoms with Crippen LogP contribution in [0.3, 0.4) is 0 Å². The summed E-state index contributed by atoms with van der Waals surface area (Å²) in [6.07, 6.45) is -5.00. The number of hydrogen-bond donors (Lipinski definition) is 2. The maximum absolute atomic E-state index is 11.9. The van der Waals surface area contributed by atoms with Crippen LogP contribution in [0.2, 0.25) is 0 Å². The van der Waals surface area contributed by atoms with Crippen molar-refractivity contribution in [2.75, 3.05) is 13.1 Å². The molecule has 1 aromatic heterocycles. The Morgan fingerprint density at radius 2 is 1.90 bits per heavy atom. The first-order chi connectivity index (χ1) is 9.05. The molecule has 0 aliphatic rings. The molecule has 0 unspecified atom stereocenters. The highest BCUT2D eigenvalue weighted by atomic mass is 32.2. The number of aryl methyl sites for hydroxylation is 2. The lowest BCUT2D eigenvalue weighted by Gasteiger charge is -2.09. The molecule has 0 radical (unpaired) electrons. The van der Waals surface area contributed by atoms with Gasteiger partial charge in [0.15, 0.2) is 5.76 Å². The van der Waals surface area contributed by atoms with Gasteiger partial charge in [-0.15, -0.1) is 0 Å². The average Bonchev–Trinajstić information content (AvgIpc) is 2.63. The van der Waals surface area contributed by atoms with Crippen LogP contribution in [0, 0.1) is 13.8 Å². The Labute approximate surface area is 112 Å². The van der Waals surface area contributed by atoms with Crippen molar-refractivity contribution < 1.29 is 30.9 Å². The lowest BCUT2D eigenvalue weighted by molar-refractivity contribution is -0.173. The maximum Gasteiger partial charge on any atom is 0.471 e. The van der Waals surface area contributed by atoms with Crippen molar-refractivity contribution >= 4 is 15.9 Å². The molecule has 1 heterocycles. The molecule has 114 valence electrons. The Kier molecular flexibility index (Phi) is 4.76. The molecule has 0 aromatic carbocycles.